The minimum Gasteiger partial charge on any atom is -0.328 e. The predicted molar refractivity (Wildman–Crippen MR) is 60.2 cm³/mol. The summed E-state index contributed by atoms with van der Waals surface area (Å²) in [4.78, 5) is 0. The first-order valence-corrected chi connectivity index (χ1v) is 6.07. The van der Waals surface area contributed by atoms with Gasteiger partial charge in [-0.15, -0.1) is 0 Å². The fourth-order valence-electron chi connectivity index (χ4n) is 3.08. The highest BCUT2D eigenvalue weighted by Crippen LogP contribution is 2.37. The van der Waals surface area contributed by atoms with Crippen molar-refractivity contribution in [1.29, 1.82) is 0 Å². The van der Waals surface area contributed by atoms with Crippen LogP contribution in [0.25, 0.3) is 0 Å². The van der Waals surface area contributed by atoms with Gasteiger partial charge in [-0.25, -0.2) is 0 Å². The van der Waals surface area contributed by atoms with Crippen LogP contribution in [-0.2, 0) is 0 Å². The molecule has 0 amide bonds. The molecule has 2 heteroatoms. The lowest BCUT2D eigenvalue weighted by molar-refractivity contribution is 0.351. The van der Waals surface area contributed by atoms with Gasteiger partial charge in [0.1, 0.15) is 0 Å². The lowest BCUT2D eigenvalue weighted by Gasteiger charge is -2.21. The SMILES string of the molecule is CC1(C)CCC(NC2CCC(N)C2)C1. The molecule has 3 unspecified atom stereocenters. The van der Waals surface area contributed by atoms with E-state index in [0.29, 0.717) is 17.5 Å². The zero-order chi connectivity index (χ0) is 10.2. The number of rotatable bonds is 2. The Kier molecular flexibility index (Phi) is 2.85. The van der Waals surface area contributed by atoms with E-state index in [1.165, 1.54) is 38.5 Å². The topological polar surface area (TPSA) is 38.0 Å². The lowest BCUT2D eigenvalue weighted by Crippen LogP contribution is -2.36. The summed E-state index contributed by atoms with van der Waals surface area (Å²) < 4.78 is 0. The van der Waals surface area contributed by atoms with Gasteiger partial charge in [-0.3, -0.25) is 0 Å². The molecule has 0 aromatic heterocycles. The summed E-state index contributed by atoms with van der Waals surface area (Å²) in [5, 5.41) is 3.78. The molecule has 2 saturated carbocycles. The normalized spacial score (nSPS) is 41.8. The molecule has 2 fully saturated rings. The third kappa shape index (κ3) is 2.48. The molecule has 82 valence electrons. The highest BCUT2D eigenvalue weighted by atomic mass is 15.0. The minimum atomic E-state index is 0.460. The molecule has 0 aromatic rings. The Labute approximate surface area is 87.6 Å². The van der Waals surface area contributed by atoms with Crippen LogP contribution in [0.3, 0.4) is 0 Å². The van der Waals surface area contributed by atoms with Crippen LogP contribution in [0, 0.1) is 5.41 Å². The first kappa shape index (κ1) is 10.4. The molecule has 0 heterocycles. The zero-order valence-electron chi connectivity index (χ0n) is 9.55. The summed E-state index contributed by atoms with van der Waals surface area (Å²) in [6, 6.07) is 1.94. The summed E-state index contributed by atoms with van der Waals surface area (Å²) in [6.45, 7) is 4.77. The van der Waals surface area contributed by atoms with Gasteiger partial charge in [-0.2, -0.15) is 0 Å². The summed E-state index contributed by atoms with van der Waals surface area (Å²) in [7, 11) is 0. The van der Waals surface area contributed by atoms with Crippen LogP contribution in [0.1, 0.15) is 52.4 Å². The van der Waals surface area contributed by atoms with E-state index in [2.05, 4.69) is 19.2 Å². The quantitative estimate of drug-likeness (QED) is 0.709. The molecule has 0 aliphatic heterocycles. The molecule has 3 atom stereocenters. The van der Waals surface area contributed by atoms with Crippen molar-refractivity contribution in [2.45, 2.75) is 70.5 Å². The van der Waals surface area contributed by atoms with Gasteiger partial charge in [-0.1, -0.05) is 13.8 Å². The van der Waals surface area contributed by atoms with E-state index in [1.807, 2.05) is 0 Å². The second-order valence-electron chi connectivity index (χ2n) is 6.04. The van der Waals surface area contributed by atoms with Crippen LogP contribution in [-0.4, -0.2) is 18.1 Å². The molecule has 2 rings (SSSR count). The molecule has 0 radical (unpaired) electrons. The van der Waals surface area contributed by atoms with Crippen LogP contribution < -0.4 is 11.1 Å². The molecule has 2 aliphatic rings. The van der Waals surface area contributed by atoms with Crippen molar-refractivity contribution in [1.82, 2.24) is 5.32 Å². The van der Waals surface area contributed by atoms with Gasteiger partial charge in [0.2, 0.25) is 0 Å². The van der Waals surface area contributed by atoms with Gasteiger partial charge in [0.05, 0.1) is 0 Å². The molecule has 2 nitrogen and oxygen atoms in total. The Morgan fingerprint density at radius 1 is 1.14 bits per heavy atom. The fraction of sp³-hybridized carbons (Fsp3) is 1.00. The summed E-state index contributed by atoms with van der Waals surface area (Å²) in [5.41, 5.74) is 6.48. The Morgan fingerprint density at radius 3 is 2.43 bits per heavy atom. The minimum absolute atomic E-state index is 0.460. The zero-order valence-corrected chi connectivity index (χ0v) is 9.55. The summed E-state index contributed by atoms with van der Waals surface area (Å²) in [5.74, 6) is 0. The third-order valence-electron chi connectivity index (χ3n) is 3.91. The van der Waals surface area contributed by atoms with Gasteiger partial charge in [0.15, 0.2) is 0 Å². The molecular weight excluding hydrogens is 172 g/mol. The number of nitrogens with one attached hydrogen (secondary N) is 1. The van der Waals surface area contributed by atoms with Crippen LogP contribution in [0.2, 0.25) is 0 Å². The Morgan fingerprint density at radius 2 is 1.93 bits per heavy atom. The molecule has 0 spiro atoms. The molecule has 3 N–H and O–H groups in total. The van der Waals surface area contributed by atoms with Crippen molar-refractivity contribution >= 4 is 0 Å². The monoisotopic (exact) mass is 196 g/mol. The molecule has 0 saturated heterocycles. The van der Waals surface area contributed by atoms with E-state index in [4.69, 9.17) is 5.73 Å². The van der Waals surface area contributed by atoms with E-state index < -0.39 is 0 Å². The molecule has 14 heavy (non-hydrogen) atoms. The Bertz CT molecular complexity index is 200. The standard InChI is InChI=1S/C12H24N2/c1-12(2)6-5-11(8-12)14-10-4-3-9(13)7-10/h9-11,14H,3-8,13H2,1-2H3. The van der Waals surface area contributed by atoms with E-state index in [9.17, 15) is 0 Å². The molecule has 0 aromatic carbocycles. The summed E-state index contributed by atoms with van der Waals surface area (Å²) in [6.07, 6.45) is 7.78. The second kappa shape index (κ2) is 3.82. The first-order chi connectivity index (χ1) is 6.55. The first-order valence-electron chi connectivity index (χ1n) is 6.07. The maximum absolute atomic E-state index is 5.91. The smallest absolute Gasteiger partial charge is 0.00849 e. The lowest BCUT2D eigenvalue weighted by atomic mass is 9.92. The molecule has 0 bridgehead atoms. The van der Waals surface area contributed by atoms with Gasteiger partial charge >= 0.3 is 0 Å². The van der Waals surface area contributed by atoms with Gasteiger partial charge in [-0.05, 0) is 43.9 Å². The van der Waals surface area contributed by atoms with Crippen LogP contribution >= 0.6 is 0 Å². The highest BCUT2D eigenvalue weighted by Gasteiger charge is 2.33. The Balaban J connectivity index is 1.76. The van der Waals surface area contributed by atoms with Gasteiger partial charge < -0.3 is 11.1 Å². The number of nitrogens with two attached hydrogens (primary N) is 1. The third-order valence-corrected chi connectivity index (χ3v) is 3.91. The van der Waals surface area contributed by atoms with E-state index in [0.717, 1.165) is 6.04 Å². The maximum atomic E-state index is 5.91. The largest absolute Gasteiger partial charge is 0.328 e. The average Bonchev–Trinajstić information content (AvgIpc) is 2.59. The van der Waals surface area contributed by atoms with E-state index in [1.54, 1.807) is 0 Å². The van der Waals surface area contributed by atoms with Crippen molar-refractivity contribution in [3.05, 3.63) is 0 Å². The second-order valence-corrected chi connectivity index (χ2v) is 6.04. The van der Waals surface area contributed by atoms with Crippen LogP contribution in [0.4, 0.5) is 0 Å². The maximum Gasteiger partial charge on any atom is 0.00849 e. The highest BCUT2D eigenvalue weighted by molar-refractivity contribution is 4.91. The van der Waals surface area contributed by atoms with Crippen molar-refractivity contribution in [3.8, 4) is 0 Å². The van der Waals surface area contributed by atoms with Crippen molar-refractivity contribution < 1.29 is 0 Å². The van der Waals surface area contributed by atoms with Crippen LogP contribution in [0.15, 0.2) is 0 Å². The number of hydrogen-bond donors (Lipinski definition) is 2. The van der Waals surface area contributed by atoms with E-state index >= 15 is 0 Å². The van der Waals surface area contributed by atoms with Gasteiger partial charge in [0.25, 0.3) is 0 Å². The van der Waals surface area contributed by atoms with E-state index in [-0.39, 0.29) is 0 Å². The molecular formula is C12H24N2. The van der Waals surface area contributed by atoms with Crippen LogP contribution in [0.5, 0.6) is 0 Å². The number of hydrogen-bond acceptors (Lipinski definition) is 2. The van der Waals surface area contributed by atoms with Gasteiger partial charge in [0, 0.05) is 18.1 Å². The van der Waals surface area contributed by atoms with Crippen molar-refractivity contribution in [3.63, 3.8) is 0 Å². The van der Waals surface area contributed by atoms with Crippen molar-refractivity contribution in [2.75, 3.05) is 0 Å². The predicted octanol–water partition coefficient (Wildman–Crippen LogP) is 2.03. The molecule has 2 aliphatic carbocycles. The fourth-order valence-corrected chi connectivity index (χ4v) is 3.08. The summed E-state index contributed by atoms with van der Waals surface area (Å²) >= 11 is 0. The Hall–Kier alpha value is -0.0800. The van der Waals surface area contributed by atoms with Crippen molar-refractivity contribution in [2.24, 2.45) is 11.1 Å². The average molecular weight is 196 g/mol.